The van der Waals surface area contributed by atoms with Gasteiger partial charge in [-0.15, -0.1) is 0 Å². The molecular formula is C21H29F2N7O. The molecule has 3 N–H and O–H groups in total. The Morgan fingerprint density at radius 2 is 2.06 bits per heavy atom. The van der Waals surface area contributed by atoms with Gasteiger partial charge >= 0.3 is 0 Å². The second-order valence-corrected chi connectivity index (χ2v) is 8.58. The number of rotatable bonds is 6. The number of aromatic nitrogens is 4. The fraction of sp³-hybridized carbons (Fsp3) is 0.524. The van der Waals surface area contributed by atoms with E-state index < -0.39 is 12.1 Å². The van der Waals surface area contributed by atoms with E-state index in [9.17, 15) is 13.9 Å². The largest absolute Gasteiger partial charge is 0.395 e. The molecule has 0 spiro atoms. The Morgan fingerprint density at radius 1 is 1.32 bits per heavy atom. The third-order valence-corrected chi connectivity index (χ3v) is 5.55. The number of nitrogens with one attached hydrogen (secondary N) is 2. The van der Waals surface area contributed by atoms with E-state index in [0.717, 1.165) is 25.0 Å². The van der Waals surface area contributed by atoms with E-state index in [-0.39, 0.29) is 24.2 Å². The Bertz CT molecular complexity index is 938. The molecule has 2 atom stereocenters. The maximum absolute atomic E-state index is 12.5. The first kappa shape index (κ1) is 23.0. The number of imidazole rings is 1. The van der Waals surface area contributed by atoms with Gasteiger partial charge in [-0.2, -0.15) is 0 Å². The number of alkyl halides is 2. The summed E-state index contributed by atoms with van der Waals surface area (Å²) in [6, 6.07) is 1.86. The summed E-state index contributed by atoms with van der Waals surface area (Å²) in [5, 5.41) is 17.2. The Labute approximate surface area is 180 Å². The summed E-state index contributed by atoms with van der Waals surface area (Å²) in [5.74, 6) is 1.10. The summed E-state index contributed by atoms with van der Waals surface area (Å²) in [4.78, 5) is 20.4. The third kappa shape index (κ3) is 5.13. The topological polar surface area (TPSA) is 105 Å². The van der Waals surface area contributed by atoms with Gasteiger partial charge in [0.2, 0.25) is 0 Å². The van der Waals surface area contributed by atoms with Gasteiger partial charge in [0.05, 0.1) is 35.9 Å². The van der Waals surface area contributed by atoms with Crippen molar-refractivity contribution in [3.8, 4) is 11.4 Å². The van der Waals surface area contributed by atoms with Crippen molar-refractivity contribution in [3.63, 3.8) is 0 Å². The van der Waals surface area contributed by atoms with Crippen LogP contribution in [0.2, 0.25) is 0 Å². The summed E-state index contributed by atoms with van der Waals surface area (Å²) in [7, 11) is 0. The van der Waals surface area contributed by atoms with Crippen molar-refractivity contribution in [2.75, 3.05) is 24.6 Å². The van der Waals surface area contributed by atoms with Crippen LogP contribution >= 0.6 is 0 Å². The van der Waals surface area contributed by atoms with Crippen LogP contribution in [0.5, 0.6) is 0 Å². The van der Waals surface area contributed by atoms with Gasteiger partial charge < -0.3 is 15.0 Å². The Balaban J connectivity index is 1.80. The van der Waals surface area contributed by atoms with Gasteiger partial charge in [-0.05, 0) is 39.8 Å². The lowest BCUT2D eigenvalue weighted by Crippen LogP contribution is -2.64. The van der Waals surface area contributed by atoms with Crippen molar-refractivity contribution in [2.45, 2.75) is 51.7 Å². The number of H-pyrrole nitrogens is 1. The molecule has 0 radical (unpaired) electrons. The van der Waals surface area contributed by atoms with Gasteiger partial charge in [-0.3, -0.25) is 10.3 Å². The second kappa shape index (κ2) is 9.19. The second-order valence-electron chi connectivity index (χ2n) is 8.58. The Hall–Kier alpha value is -2.72. The molecule has 0 saturated carbocycles. The highest BCUT2D eigenvalue weighted by Gasteiger charge is 2.38. The van der Waals surface area contributed by atoms with Gasteiger partial charge in [-0.1, -0.05) is 0 Å². The Morgan fingerprint density at radius 3 is 2.71 bits per heavy atom. The maximum atomic E-state index is 12.5. The zero-order valence-electron chi connectivity index (χ0n) is 18.2. The van der Waals surface area contributed by atoms with Crippen LogP contribution in [0.1, 0.15) is 33.5 Å². The first-order chi connectivity index (χ1) is 14.6. The zero-order valence-corrected chi connectivity index (χ0v) is 18.2. The third-order valence-electron chi connectivity index (χ3n) is 5.55. The maximum Gasteiger partial charge on any atom is 0.279 e. The van der Waals surface area contributed by atoms with Gasteiger partial charge in [0.1, 0.15) is 18.0 Å². The SMILES string of the molecule is CC1C(CO)N(C(C)(C)C)CCN1c1cc(-c2cnc(/C=C\C(=N)C(F)F)[nH]2)ncn1. The standard InChI is InChI=1S/C21H29F2N7O/c1-13-17(11-31)30(21(2,3)4)8-7-29(13)19-9-15(26-12-27-19)16-10-25-18(28-16)6-5-14(24)20(22)23/h5-6,9-10,12-13,17,20,24,31H,7-8,11H2,1-4H3,(H,25,28)/b6-5-,24-14?. The van der Waals surface area contributed by atoms with Crippen molar-refractivity contribution in [3.05, 3.63) is 30.5 Å². The van der Waals surface area contributed by atoms with Crippen molar-refractivity contribution in [1.29, 1.82) is 5.41 Å². The van der Waals surface area contributed by atoms with Gasteiger partial charge in [-0.25, -0.2) is 23.7 Å². The van der Waals surface area contributed by atoms with Crippen LogP contribution in [0, 0.1) is 5.41 Å². The molecule has 2 aromatic heterocycles. The van der Waals surface area contributed by atoms with Gasteiger partial charge in [0, 0.05) is 30.7 Å². The number of nitrogens with zero attached hydrogens (tertiary/aromatic N) is 5. The molecule has 1 aliphatic heterocycles. The number of allylic oxidation sites excluding steroid dienone is 1. The summed E-state index contributed by atoms with van der Waals surface area (Å²) < 4.78 is 24.9. The predicted octanol–water partition coefficient (Wildman–Crippen LogP) is 2.83. The van der Waals surface area contributed by atoms with Crippen LogP contribution in [-0.2, 0) is 0 Å². The lowest BCUT2D eigenvalue weighted by atomic mass is 9.95. The number of aliphatic hydroxyl groups excluding tert-OH is 1. The number of anilines is 1. The minimum atomic E-state index is -2.82. The lowest BCUT2D eigenvalue weighted by molar-refractivity contribution is 0.0187. The molecule has 2 aromatic rings. The quantitative estimate of drug-likeness (QED) is 0.605. The molecule has 0 bridgehead atoms. The summed E-state index contributed by atoms with van der Waals surface area (Å²) >= 11 is 0. The van der Waals surface area contributed by atoms with Crippen molar-refractivity contribution in [1.82, 2.24) is 24.8 Å². The number of halogens is 2. The molecular weight excluding hydrogens is 404 g/mol. The van der Waals surface area contributed by atoms with E-state index in [2.05, 4.69) is 57.4 Å². The average molecular weight is 434 g/mol. The van der Waals surface area contributed by atoms with Crippen LogP contribution in [0.15, 0.2) is 24.7 Å². The first-order valence-corrected chi connectivity index (χ1v) is 10.2. The molecule has 1 aliphatic rings. The normalized spacial score (nSPS) is 20.7. The predicted molar refractivity (Wildman–Crippen MR) is 117 cm³/mol. The average Bonchev–Trinajstić information content (AvgIpc) is 3.20. The van der Waals surface area contributed by atoms with Crippen LogP contribution in [-0.4, -0.2) is 79.4 Å². The number of aromatic amines is 1. The molecule has 0 aliphatic carbocycles. The number of hydrogen-bond donors (Lipinski definition) is 3. The zero-order chi connectivity index (χ0) is 22.8. The van der Waals surface area contributed by atoms with Crippen LogP contribution < -0.4 is 4.90 Å². The van der Waals surface area contributed by atoms with Gasteiger partial charge in [0.15, 0.2) is 0 Å². The molecule has 2 unspecified atom stereocenters. The minimum absolute atomic E-state index is 0.0267. The minimum Gasteiger partial charge on any atom is -0.395 e. The first-order valence-electron chi connectivity index (χ1n) is 10.2. The van der Waals surface area contributed by atoms with E-state index >= 15 is 0 Å². The summed E-state index contributed by atoms with van der Waals surface area (Å²) in [5.41, 5.74) is 0.410. The monoisotopic (exact) mass is 433 g/mol. The molecule has 10 heteroatoms. The molecule has 0 amide bonds. The van der Waals surface area contributed by atoms with E-state index in [1.807, 2.05) is 6.07 Å². The van der Waals surface area contributed by atoms with Gasteiger partial charge in [0.25, 0.3) is 6.43 Å². The van der Waals surface area contributed by atoms with E-state index in [1.165, 1.54) is 12.4 Å². The fourth-order valence-electron chi connectivity index (χ4n) is 3.90. The summed E-state index contributed by atoms with van der Waals surface area (Å²) in [6.45, 7) is 10.1. The number of hydrogen-bond acceptors (Lipinski definition) is 7. The van der Waals surface area contributed by atoms with Crippen molar-refractivity contribution in [2.24, 2.45) is 0 Å². The molecule has 3 heterocycles. The number of aliphatic hydroxyl groups is 1. The highest BCUT2D eigenvalue weighted by Crippen LogP contribution is 2.29. The molecule has 168 valence electrons. The highest BCUT2D eigenvalue weighted by atomic mass is 19.3. The molecule has 8 nitrogen and oxygen atoms in total. The number of piperazine rings is 1. The lowest BCUT2D eigenvalue weighted by Gasteiger charge is -2.51. The van der Waals surface area contributed by atoms with E-state index in [1.54, 1.807) is 6.20 Å². The molecule has 0 aromatic carbocycles. The molecule has 1 fully saturated rings. The van der Waals surface area contributed by atoms with Crippen LogP contribution in [0.4, 0.5) is 14.6 Å². The van der Waals surface area contributed by atoms with Crippen molar-refractivity contribution >= 4 is 17.6 Å². The molecule has 3 rings (SSSR count). The molecule has 1 saturated heterocycles. The van der Waals surface area contributed by atoms with Crippen LogP contribution in [0.25, 0.3) is 17.5 Å². The van der Waals surface area contributed by atoms with Crippen molar-refractivity contribution < 1.29 is 13.9 Å². The highest BCUT2D eigenvalue weighted by molar-refractivity contribution is 5.97. The smallest absolute Gasteiger partial charge is 0.279 e. The van der Waals surface area contributed by atoms with E-state index in [4.69, 9.17) is 5.41 Å². The summed E-state index contributed by atoms with van der Waals surface area (Å²) in [6.07, 6.45) is 2.57. The fourth-order valence-corrected chi connectivity index (χ4v) is 3.90. The Kier molecular flexibility index (Phi) is 6.80. The van der Waals surface area contributed by atoms with E-state index in [0.29, 0.717) is 17.2 Å². The van der Waals surface area contributed by atoms with Crippen LogP contribution in [0.3, 0.4) is 0 Å². The molecule has 31 heavy (non-hydrogen) atoms.